The van der Waals surface area contributed by atoms with Crippen LogP contribution < -0.4 is 10.1 Å². The molecule has 118 valence electrons. The highest BCUT2D eigenvalue weighted by molar-refractivity contribution is 6.32. The van der Waals surface area contributed by atoms with Gasteiger partial charge in [-0.05, 0) is 51.8 Å². The Balaban J connectivity index is 2.75. The van der Waals surface area contributed by atoms with E-state index in [1.807, 2.05) is 20.8 Å². The van der Waals surface area contributed by atoms with E-state index in [4.69, 9.17) is 16.3 Å². The highest BCUT2D eigenvalue weighted by atomic mass is 35.5. The first-order chi connectivity index (χ1) is 9.66. The maximum Gasteiger partial charge on any atom is 0.261 e. The average Bonchev–Trinajstić information content (AvgIpc) is 2.40. The first-order valence-corrected chi connectivity index (χ1v) is 7.50. The molecule has 0 bridgehead atoms. The predicted molar refractivity (Wildman–Crippen MR) is 84.7 cm³/mol. The van der Waals surface area contributed by atoms with E-state index in [2.05, 4.69) is 5.32 Å². The summed E-state index contributed by atoms with van der Waals surface area (Å²) in [6, 6.07) is 5.04. The van der Waals surface area contributed by atoms with Crippen LogP contribution in [0.15, 0.2) is 18.2 Å². The summed E-state index contributed by atoms with van der Waals surface area (Å²) in [7, 11) is 0. The number of carbonyl (C=O) groups is 1. The molecule has 0 aliphatic carbocycles. The van der Waals surface area contributed by atoms with Crippen molar-refractivity contribution in [3.05, 3.63) is 28.8 Å². The van der Waals surface area contributed by atoms with Gasteiger partial charge in [0.15, 0.2) is 6.10 Å². The van der Waals surface area contributed by atoms with Gasteiger partial charge in [0.1, 0.15) is 5.75 Å². The Labute approximate surface area is 131 Å². The van der Waals surface area contributed by atoms with Gasteiger partial charge >= 0.3 is 0 Å². The van der Waals surface area contributed by atoms with Crippen LogP contribution in [-0.4, -0.2) is 22.7 Å². The third-order valence-electron chi connectivity index (χ3n) is 3.46. The van der Waals surface area contributed by atoms with E-state index < -0.39 is 12.2 Å². The zero-order chi connectivity index (χ0) is 16.2. The third-order valence-corrected chi connectivity index (χ3v) is 3.75. The molecular weight excluding hydrogens is 290 g/mol. The number of carbonyl (C=O) groups excluding carboxylic acids is 1. The van der Waals surface area contributed by atoms with Crippen LogP contribution >= 0.6 is 11.6 Å². The maximum absolute atomic E-state index is 12.1. The quantitative estimate of drug-likeness (QED) is 0.845. The zero-order valence-electron chi connectivity index (χ0n) is 13.2. The molecule has 0 aliphatic rings. The highest BCUT2D eigenvalue weighted by Crippen LogP contribution is 2.28. The van der Waals surface area contributed by atoms with E-state index >= 15 is 0 Å². The Hall–Kier alpha value is -1.26. The minimum Gasteiger partial charge on any atom is -0.479 e. The van der Waals surface area contributed by atoms with Crippen LogP contribution in [0.5, 0.6) is 5.75 Å². The summed E-state index contributed by atoms with van der Waals surface area (Å²) in [4.78, 5) is 12.1. The Morgan fingerprint density at radius 1 is 1.43 bits per heavy atom. The van der Waals surface area contributed by atoms with Crippen LogP contribution in [0.4, 0.5) is 0 Å². The molecule has 21 heavy (non-hydrogen) atoms. The average molecular weight is 314 g/mol. The van der Waals surface area contributed by atoms with Crippen LogP contribution in [0.2, 0.25) is 5.02 Å². The molecule has 0 fully saturated rings. The van der Waals surface area contributed by atoms with E-state index in [0.717, 1.165) is 6.42 Å². The van der Waals surface area contributed by atoms with E-state index in [-0.39, 0.29) is 11.4 Å². The van der Waals surface area contributed by atoms with Gasteiger partial charge in [-0.15, -0.1) is 0 Å². The molecule has 0 spiro atoms. The van der Waals surface area contributed by atoms with Gasteiger partial charge < -0.3 is 15.2 Å². The number of aliphatic hydroxyl groups excluding tert-OH is 1. The number of amides is 1. The number of hydrogen-bond acceptors (Lipinski definition) is 3. The van der Waals surface area contributed by atoms with Gasteiger partial charge in [-0.2, -0.15) is 0 Å². The summed E-state index contributed by atoms with van der Waals surface area (Å²) < 4.78 is 5.61. The maximum atomic E-state index is 12.1. The molecule has 0 aromatic heterocycles. The number of benzene rings is 1. The largest absolute Gasteiger partial charge is 0.479 e. The molecule has 0 saturated carbocycles. The van der Waals surface area contributed by atoms with Crippen molar-refractivity contribution < 1.29 is 14.6 Å². The predicted octanol–water partition coefficient (Wildman–Crippen LogP) is 3.47. The molecule has 0 heterocycles. The standard InChI is InChI=1S/C16H24ClNO3/c1-6-16(4,5)18-15(20)11(3)21-14-8-7-12(10(2)19)9-13(14)17/h7-11,19H,6H2,1-5H3,(H,18,20). The number of hydrogen-bond donors (Lipinski definition) is 2. The van der Waals surface area contributed by atoms with Crippen LogP contribution in [0.1, 0.15) is 52.7 Å². The van der Waals surface area contributed by atoms with Crippen LogP contribution in [0, 0.1) is 0 Å². The van der Waals surface area contributed by atoms with Gasteiger partial charge in [-0.25, -0.2) is 0 Å². The van der Waals surface area contributed by atoms with Crippen molar-refractivity contribution in [2.45, 2.75) is 58.8 Å². The normalized spacial score (nSPS) is 14.4. The fraction of sp³-hybridized carbons (Fsp3) is 0.562. The fourth-order valence-corrected chi connectivity index (χ4v) is 1.87. The summed E-state index contributed by atoms with van der Waals surface area (Å²) in [6.45, 7) is 9.27. The molecular formula is C16H24ClNO3. The van der Waals surface area contributed by atoms with Crippen LogP contribution in [0.25, 0.3) is 0 Å². The lowest BCUT2D eigenvalue weighted by molar-refractivity contribution is -0.128. The molecule has 1 amide bonds. The molecule has 5 heteroatoms. The summed E-state index contributed by atoms with van der Waals surface area (Å²) in [6.07, 6.45) is -0.414. The minimum absolute atomic E-state index is 0.183. The van der Waals surface area contributed by atoms with Gasteiger partial charge in [-0.1, -0.05) is 24.6 Å². The van der Waals surface area contributed by atoms with Crippen molar-refractivity contribution in [3.63, 3.8) is 0 Å². The molecule has 2 unspecified atom stereocenters. The molecule has 0 radical (unpaired) electrons. The lowest BCUT2D eigenvalue weighted by Crippen LogP contribution is -2.48. The minimum atomic E-state index is -0.647. The molecule has 2 atom stereocenters. The monoisotopic (exact) mass is 313 g/mol. The second-order valence-electron chi connectivity index (χ2n) is 5.85. The number of nitrogens with one attached hydrogen (secondary N) is 1. The van der Waals surface area contributed by atoms with Gasteiger partial charge in [0.05, 0.1) is 11.1 Å². The summed E-state index contributed by atoms with van der Waals surface area (Å²) in [5, 5.41) is 12.8. The first kappa shape index (κ1) is 17.8. The van der Waals surface area contributed by atoms with Crippen molar-refractivity contribution in [2.24, 2.45) is 0 Å². The van der Waals surface area contributed by atoms with E-state index in [1.54, 1.807) is 32.0 Å². The molecule has 2 N–H and O–H groups in total. The number of aliphatic hydroxyl groups is 1. The van der Waals surface area contributed by atoms with Crippen LogP contribution in [0.3, 0.4) is 0 Å². The molecule has 0 saturated heterocycles. The van der Waals surface area contributed by atoms with Crippen molar-refractivity contribution in [3.8, 4) is 5.75 Å². The van der Waals surface area contributed by atoms with Gasteiger partial charge in [0.25, 0.3) is 5.91 Å². The van der Waals surface area contributed by atoms with Crippen LogP contribution in [-0.2, 0) is 4.79 Å². The second kappa shape index (κ2) is 7.14. The fourth-order valence-electron chi connectivity index (χ4n) is 1.64. The van der Waals surface area contributed by atoms with Gasteiger partial charge in [0.2, 0.25) is 0 Å². The highest BCUT2D eigenvalue weighted by Gasteiger charge is 2.23. The Bertz CT molecular complexity index is 500. The molecule has 0 aliphatic heterocycles. The first-order valence-electron chi connectivity index (χ1n) is 7.12. The number of ether oxygens (including phenoxy) is 1. The topological polar surface area (TPSA) is 58.6 Å². The zero-order valence-corrected chi connectivity index (χ0v) is 14.0. The lowest BCUT2D eigenvalue weighted by atomic mass is 10.0. The lowest BCUT2D eigenvalue weighted by Gasteiger charge is -2.26. The Kier molecular flexibility index (Phi) is 6.05. The van der Waals surface area contributed by atoms with Gasteiger partial charge in [0, 0.05) is 5.54 Å². The molecule has 4 nitrogen and oxygen atoms in total. The summed E-state index contributed by atoms with van der Waals surface area (Å²) in [5.74, 6) is 0.246. The van der Waals surface area contributed by atoms with E-state index in [0.29, 0.717) is 16.3 Å². The third kappa shape index (κ3) is 5.21. The second-order valence-corrected chi connectivity index (χ2v) is 6.26. The van der Waals surface area contributed by atoms with Crippen molar-refractivity contribution in [1.82, 2.24) is 5.32 Å². The molecule has 1 aromatic rings. The molecule has 1 aromatic carbocycles. The van der Waals surface area contributed by atoms with Gasteiger partial charge in [-0.3, -0.25) is 4.79 Å². The Morgan fingerprint density at radius 3 is 2.52 bits per heavy atom. The summed E-state index contributed by atoms with van der Waals surface area (Å²) in [5.41, 5.74) is 0.436. The van der Waals surface area contributed by atoms with Crippen molar-refractivity contribution >= 4 is 17.5 Å². The SMILES string of the molecule is CCC(C)(C)NC(=O)C(C)Oc1ccc(C(C)O)cc1Cl. The number of halogens is 1. The smallest absolute Gasteiger partial charge is 0.261 e. The van der Waals surface area contributed by atoms with Crippen molar-refractivity contribution in [1.29, 1.82) is 0 Å². The summed E-state index contributed by atoms with van der Waals surface area (Å²) >= 11 is 6.11. The number of rotatable bonds is 6. The van der Waals surface area contributed by atoms with E-state index in [1.165, 1.54) is 0 Å². The van der Waals surface area contributed by atoms with Crippen molar-refractivity contribution in [2.75, 3.05) is 0 Å². The Morgan fingerprint density at radius 2 is 2.05 bits per heavy atom. The van der Waals surface area contributed by atoms with E-state index in [9.17, 15) is 9.90 Å². The molecule has 1 rings (SSSR count).